The molecule has 4 nitrogen and oxygen atoms in total. The zero-order chi connectivity index (χ0) is 12.3. The molecule has 2 atom stereocenters. The highest BCUT2D eigenvalue weighted by Gasteiger charge is 2.21. The van der Waals surface area contributed by atoms with Crippen molar-refractivity contribution in [1.82, 2.24) is 15.2 Å². The minimum atomic E-state index is 0.0174. The molecule has 0 aliphatic heterocycles. The molecule has 0 fully saturated rings. The van der Waals surface area contributed by atoms with E-state index in [0.717, 1.165) is 9.63 Å². The summed E-state index contributed by atoms with van der Waals surface area (Å²) in [7, 11) is 0. The van der Waals surface area contributed by atoms with E-state index >= 15 is 0 Å². The molecule has 2 unspecified atom stereocenters. The molecule has 2 rings (SSSR count). The van der Waals surface area contributed by atoms with Crippen molar-refractivity contribution in [3.63, 3.8) is 0 Å². The van der Waals surface area contributed by atoms with Crippen LogP contribution in [0.25, 0.3) is 0 Å². The number of halogens is 1. The lowest BCUT2D eigenvalue weighted by Gasteiger charge is -2.20. The Morgan fingerprint density at radius 3 is 2.76 bits per heavy atom. The molecule has 1 aromatic heterocycles. The van der Waals surface area contributed by atoms with Crippen LogP contribution in [0.3, 0.4) is 0 Å². The van der Waals surface area contributed by atoms with Gasteiger partial charge >= 0.3 is 0 Å². The molecule has 0 aliphatic rings. The van der Waals surface area contributed by atoms with Gasteiger partial charge in [-0.05, 0) is 18.6 Å². The van der Waals surface area contributed by atoms with Gasteiger partial charge in [-0.15, -0.1) is 0 Å². The van der Waals surface area contributed by atoms with Crippen molar-refractivity contribution < 1.29 is 0 Å². The van der Waals surface area contributed by atoms with Gasteiger partial charge < -0.3 is 5.73 Å². The summed E-state index contributed by atoms with van der Waals surface area (Å²) in [5, 5.41) is 7.60. The van der Waals surface area contributed by atoms with E-state index in [1.165, 1.54) is 11.9 Å². The smallest absolute Gasteiger partial charge is 0.184 e. The number of nitrogens with zero attached hydrogens (tertiary/aromatic N) is 2. The normalized spacial score (nSPS) is 14.5. The molecule has 3 N–H and O–H groups in total. The largest absolute Gasteiger partial charge is 0.327 e. The Balaban J connectivity index is 2.27. The highest BCUT2D eigenvalue weighted by Crippen LogP contribution is 2.38. The van der Waals surface area contributed by atoms with E-state index in [0.29, 0.717) is 0 Å². The molecular formula is C11H13BrN4S. The topological polar surface area (TPSA) is 67.6 Å². The van der Waals surface area contributed by atoms with Crippen LogP contribution in [0, 0.1) is 0 Å². The maximum absolute atomic E-state index is 6.05. The minimum absolute atomic E-state index is 0.0174. The van der Waals surface area contributed by atoms with Crippen LogP contribution in [0.4, 0.5) is 0 Å². The molecule has 0 saturated heterocycles. The highest BCUT2D eigenvalue weighted by atomic mass is 79.9. The molecule has 0 aliphatic carbocycles. The molecule has 2 aromatic rings. The molecule has 0 bridgehead atoms. The fourth-order valence-corrected chi connectivity index (χ4v) is 3.22. The zero-order valence-corrected chi connectivity index (χ0v) is 11.7. The Kier molecular flexibility index (Phi) is 4.20. The lowest BCUT2D eigenvalue weighted by Crippen LogP contribution is -2.23. The number of aromatic amines is 1. The van der Waals surface area contributed by atoms with E-state index in [9.17, 15) is 0 Å². The maximum Gasteiger partial charge on any atom is 0.184 e. The summed E-state index contributed by atoms with van der Waals surface area (Å²) < 4.78 is 1.06. The fourth-order valence-electron chi connectivity index (χ4n) is 1.53. The predicted molar refractivity (Wildman–Crippen MR) is 72.8 cm³/mol. The van der Waals surface area contributed by atoms with Crippen molar-refractivity contribution in [3.05, 3.63) is 40.6 Å². The monoisotopic (exact) mass is 312 g/mol. The van der Waals surface area contributed by atoms with Crippen LogP contribution in [0.15, 0.2) is 40.2 Å². The maximum atomic E-state index is 6.05. The first-order valence-electron chi connectivity index (χ1n) is 5.20. The van der Waals surface area contributed by atoms with Crippen LogP contribution >= 0.6 is 27.7 Å². The Morgan fingerprint density at radius 2 is 2.18 bits per heavy atom. The van der Waals surface area contributed by atoms with E-state index in [-0.39, 0.29) is 11.3 Å². The lowest BCUT2D eigenvalue weighted by molar-refractivity contribution is 0.716. The number of H-pyrrole nitrogens is 1. The van der Waals surface area contributed by atoms with E-state index in [2.05, 4.69) is 37.2 Å². The van der Waals surface area contributed by atoms with Gasteiger partial charge in [-0.1, -0.05) is 45.9 Å². The van der Waals surface area contributed by atoms with Crippen molar-refractivity contribution in [2.24, 2.45) is 5.73 Å². The van der Waals surface area contributed by atoms with Crippen molar-refractivity contribution >= 4 is 27.7 Å². The van der Waals surface area contributed by atoms with Crippen LogP contribution in [-0.2, 0) is 0 Å². The number of nitrogens with two attached hydrogens (primary N) is 1. The molecule has 6 heteroatoms. The molecule has 0 spiro atoms. The number of thioether (sulfide) groups is 1. The summed E-state index contributed by atoms with van der Waals surface area (Å²) in [6.45, 7) is 1.99. The first kappa shape index (κ1) is 12.6. The van der Waals surface area contributed by atoms with Gasteiger partial charge in [0, 0.05) is 10.5 Å². The Hall–Kier alpha value is -0.850. The van der Waals surface area contributed by atoms with Gasteiger partial charge in [0.25, 0.3) is 0 Å². The molecule has 0 radical (unpaired) electrons. The number of hydrogen-bond acceptors (Lipinski definition) is 4. The standard InChI is InChI=1S/C11H13BrN4S/c1-7(13)10(17-11-14-6-15-16-11)8-4-2-3-5-9(8)12/h2-7,10H,13H2,1H3,(H,14,15,16). The van der Waals surface area contributed by atoms with Gasteiger partial charge in [0.05, 0.1) is 5.25 Å². The third-order valence-corrected chi connectivity index (χ3v) is 4.40. The van der Waals surface area contributed by atoms with Crippen molar-refractivity contribution in [1.29, 1.82) is 0 Å². The number of hydrogen-bond donors (Lipinski definition) is 2. The second-order valence-electron chi connectivity index (χ2n) is 3.71. The Morgan fingerprint density at radius 1 is 1.41 bits per heavy atom. The molecule has 0 amide bonds. The molecule has 0 saturated carbocycles. The van der Waals surface area contributed by atoms with E-state index < -0.39 is 0 Å². The summed E-state index contributed by atoms with van der Waals surface area (Å²) in [5.41, 5.74) is 7.22. The predicted octanol–water partition coefficient (Wildman–Crippen LogP) is 2.75. The second-order valence-corrected chi connectivity index (χ2v) is 5.69. The molecular weight excluding hydrogens is 300 g/mol. The minimum Gasteiger partial charge on any atom is -0.327 e. The van der Waals surface area contributed by atoms with Gasteiger partial charge in [0.2, 0.25) is 0 Å². The molecule has 1 aromatic carbocycles. The van der Waals surface area contributed by atoms with Crippen molar-refractivity contribution in [2.45, 2.75) is 23.4 Å². The van der Waals surface area contributed by atoms with Gasteiger partial charge in [0.1, 0.15) is 6.33 Å². The molecule has 1 heterocycles. The molecule has 90 valence electrons. The average Bonchev–Trinajstić information content (AvgIpc) is 2.79. The van der Waals surface area contributed by atoms with Crippen LogP contribution < -0.4 is 5.73 Å². The van der Waals surface area contributed by atoms with Crippen LogP contribution in [0.5, 0.6) is 0 Å². The van der Waals surface area contributed by atoms with Crippen LogP contribution in [0.2, 0.25) is 0 Å². The third kappa shape index (κ3) is 3.08. The second kappa shape index (κ2) is 5.66. The van der Waals surface area contributed by atoms with Crippen molar-refractivity contribution in [3.8, 4) is 0 Å². The first-order chi connectivity index (χ1) is 8.18. The van der Waals surface area contributed by atoms with E-state index in [1.807, 2.05) is 25.1 Å². The zero-order valence-electron chi connectivity index (χ0n) is 9.30. The van der Waals surface area contributed by atoms with E-state index in [4.69, 9.17) is 5.73 Å². The summed E-state index contributed by atoms with van der Waals surface area (Å²) in [5.74, 6) is 0. The van der Waals surface area contributed by atoms with E-state index in [1.54, 1.807) is 11.8 Å². The van der Waals surface area contributed by atoms with Gasteiger partial charge in [-0.3, -0.25) is 5.10 Å². The number of aromatic nitrogens is 3. The Labute approximate surface area is 113 Å². The lowest BCUT2D eigenvalue weighted by atomic mass is 10.1. The van der Waals surface area contributed by atoms with Crippen molar-refractivity contribution in [2.75, 3.05) is 0 Å². The molecule has 17 heavy (non-hydrogen) atoms. The number of nitrogens with one attached hydrogen (secondary N) is 1. The summed E-state index contributed by atoms with van der Waals surface area (Å²) in [4.78, 5) is 4.12. The summed E-state index contributed by atoms with van der Waals surface area (Å²) >= 11 is 5.14. The summed E-state index contributed by atoms with van der Waals surface area (Å²) in [6.07, 6.45) is 1.50. The Bertz CT molecular complexity index is 472. The van der Waals surface area contributed by atoms with Crippen LogP contribution in [-0.4, -0.2) is 21.2 Å². The van der Waals surface area contributed by atoms with Gasteiger partial charge in [0.15, 0.2) is 5.16 Å². The quantitative estimate of drug-likeness (QED) is 0.852. The number of rotatable bonds is 4. The van der Waals surface area contributed by atoms with Gasteiger partial charge in [-0.2, -0.15) is 5.10 Å². The fraction of sp³-hybridized carbons (Fsp3) is 0.273. The third-order valence-electron chi connectivity index (χ3n) is 2.32. The first-order valence-corrected chi connectivity index (χ1v) is 6.88. The van der Waals surface area contributed by atoms with Crippen LogP contribution in [0.1, 0.15) is 17.7 Å². The van der Waals surface area contributed by atoms with Gasteiger partial charge in [-0.25, -0.2) is 4.98 Å². The highest BCUT2D eigenvalue weighted by molar-refractivity contribution is 9.10. The average molecular weight is 313 g/mol. The number of benzene rings is 1. The SMILES string of the molecule is CC(N)C(Sc1ncn[nH]1)c1ccccc1Br. The summed E-state index contributed by atoms with van der Waals surface area (Å²) in [6, 6.07) is 8.11.